The molecule has 0 heterocycles. The lowest BCUT2D eigenvalue weighted by Crippen LogP contribution is -2.38. The fourth-order valence-corrected chi connectivity index (χ4v) is 2.77. The Kier molecular flexibility index (Phi) is 5.43. The molecule has 0 spiro atoms. The first-order chi connectivity index (χ1) is 9.46. The second-order valence-corrected chi connectivity index (χ2v) is 8.10. The van der Waals surface area contributed by atoms with Gasteiger partial charge in [-0.25, -0.2) is 0 Å². The van der Waals surface area contributed by atoms with Crippen LogP contribution in [-0.4, -0.2) is 24.2 Å². The molecule has 0 aromatic carbocycles. The molecule has 0 saturated carbocycles. The summed E-state index contributed by atoms with van der Waals surface area (Å²) in [5.41, 5.74) is 2.14. The van der Waals surface area contributed by atoms with Crippen LogP contribution in [0, 0.1) is 16.7 Å². The Morgan fingerprint density at radius 1 is 1.24 bits per heavy atom. The van der Waals surface area contributed by atoms with E-state index in [0.717, 1.165) is 17.6 Å². The van der Waals surface area contributed by atoms with Crippen LogP contribution in [0.2, 0.25) is 0 Å². The number of hydrogen-bond donors (Lipinski definition) is 2. The van der Waals surface area contributed by atoms with Crippen molar-refractivity contribution in [2.75, 3.05) is 7.05 Å². The minimum atomic E-state index is -0.450. The van der Waals surface area contributed by atoms with Gasteiger partial charge in [0.1, 0.15) is 0 Å². The molecule has 21 heavy (non-hydrogen) atoms. The molecule has 0 bridgehead atoms. The van der Waals surface area contributed by atoms with Crippen molar-refractivity contribution in [1.82, 2.24) is 5.32 Å². The number of allylic oxidation sites excluding steroid dienone is 2. The summed E-state index contributed by atoms with van der Waals surface area (Å²) in [4.78, 5) is 11.5. The maximum absolute atomic E-state index is 11.5. The zero-order valence-electron chi connectivity index (χ0n) is 14.6. The molecule has 3 heteroatoms. The van der Waals surface area contributed by atoms with E-state index < -0.39 is 6.10 Å². The lowest BCUT2D eigenvalue weighted by molar-refractivity contribution is -0.120. The number of hydrogen-bond acceptors (Lipinski definition) is 2. The highest BCUT2D eigenvalue weighted by Crippen LogP contribution is 2.42. The molecule has 0 aliphatic heterocycles. The van der Waals surface area contributed by atoms with Crippen LogP contribution in [-0.2, 0) is 4.79 Å². The summed E-state index contributed by atoms with van der Waals surface area (Å²) in [5.74, 6) is 0.136. The van der Waals surface area contributed by atoms with Crippen molar-refractivity contribution < 1.29 is 9.90 Å². The van der Waals surface area contributed by atoms with Gasteiger partial charge in [-0.2, -0.15) is 0 Å². The zero-order valence-corrected chi connectivity index (χ0v) is 14.6. The summed E-state index contributed by atoms with van der Waals surface area (Å²) >= 11 is 0. The van der Waals surface area contributed by atoms with Crippen molar-refractivity contribution in [2.45, 2.75) is 60.5 Å². The number of rotatable bonds is 3. The summed E-state index contributed by atoms with van der Waals surface area (Å²) < 4.78 is 0. The maximum Gasteiger partial charge on any atom is 0.220 e. The molecule has 0 saturated heterocycles. The van der Waals surface area contributed by atoms with Crippen molar-refractivity contribution in [3.63, 3.8) is 0 Å². The molecule has 120 valence electrons. The zero-order chi connectivity index (χ0) is 16.4. The second kappa shape index (κ2) is 6.35. The number of aliphatic hydroxyl groups is 1. The monoisotopic (exact) mass is 293 g/mol. The Bertz CT molecular complexity index is 447. The van der Waals surface area contributed by atoms with E-state index >= 15 is 0 Å². The Morgan fingerprint density at radius 3 is 2.24 bits per heavy atom. The highest BCUT2D eigenvalue weighted by molar-refractivity contribution is 5.75. The number of carbonyl (C=O) groups excluding carboxylic acids is 1. The maximum atomic E-state index is 11.5. The Hall–Kier alpha value is -1.09. The van der Waals surface area contributed by atoms with Gasteiger partial charge in [0.25, 0.3) is 0 Å². The first-order valence-corrected chi connectivity index (χ1v) is 7.78. The molecule has 1 rings (SSSR count). The van der Waals surface area contributed by atoms with Crippen LogP contribution in [0.1, 0.15) is 54.4 Å². The second-order valence-electron chi connectivity index (χ2n) is 8.10. The fourth-order valence-electron chi connectivity index (χ4n) is 2.77. The highest BCUT2D eigenvalue weighted by atomic mass is 16.3. The van der Waals surface area contributed by atoms with E-state index in [9.17, 15) is 9.90 Å². The third kappa shape index (κ3) is 4.70. The minimum absolute atomic E-state index is 0.0115. The molecule has 3 nitrogen and oxygen atoms in total. The molecule has 0 aromatic heterocycles. The minimum Gasteiger partial charge on any atom is -0.388 e. The van der Waals surface area contributed by atoms with E-state index in [2.05, 4.69) is 59.0 Å². The summed E-state index contributed by atoms with van der Waals surface area (Å²) in [6.45, 7) is 12.8. The fraction of sp³-hybridized carbons (Fsp3) is 0.722. The highest BCUT2D eigenvalue weighted by Gasteiger charge is 2.37. The van der Waals surface area contributed by atoms with Crippen molar-refractivity contribution >= 4 is 5.91 Å². The van der Waals surface area contributed by atoms with Crippen molar-refractivity contribution in [3.05, 3.63) is 23.3 Å². The van der Waals surface area contributed by atoms with Crippen molar-refractivity contribution in [3.8, 4) is 0 Å². The van der Waals surface area contributed by atoms with E-state index in [1.54, 1.807) is 7.05 Å². The van der Waals surface area contributed by atoms with Crippen LogP contribution < -0.4 is 5.32 Å². The summed E-state index contributed by atoms with van der Waals surface area (Å²) in [5, 5.41) is 13.4. The van der Waals surface area contributed by atoms with Crippen LogP contribution in [0.4, 0.5) is 0 Å². The quantitative estimate of drug-likeness (QED) is 0.837. The smallest absolute Gasteiger partial charge is 0.220 e. The summed E-state index contributed by atoms with van der Waals surface area (Å²) in [6.07, 6.45) is 5.01. The average molecular weight is 293 g/mol. The summed E-state index contributed by atoms with van der Waals surface area (Å²) in [7, 11) is 1.66. The third-order valence-electron chi connectivity index (χ3n) is 4.18. The first-order valence-electron chi connectivity index (χ1n) is 7.78. The molecule has 0 fully saturated rings. The largest absolute Gasteiger partial charge is 0.388 e. The molecule has 1 aliphatic rings. The Labute approximate surface area is 129 Å². The standard InChI is InChI=1S/C18H31NO2/c1-17(2,3)13-10-12(8-9-15(20)19-7)11-14(16(13)21)18(4,5)6/h10-11,13,16,21H,8-9H2,1-7H3,(H,19,20). The topological polar surface area (TPSA) is 49.3 Å². The molecule has 2 N–H and O–H groups in total. The normalized spacial score (nSPS) is 23.4. The van der Waals surface area contributed by atoms with E-state index in [4.69, 9.17) is 0 Å². The van der Waals surface area contributed by atoms with Gasteiger partial charge in [0.15, 0.2) is 0 Å². The van der Waals surface area contributed by atoms with Gasteiger partial charge < -0.3 is 10.4 Å². The van der Waals surface area contributed by atoms with Crippen molar-refractivity contribution in [2.24, 2.45) is 16.7 Å². The van der Waals surface area contributed by atoms with Gasteiger partial charge in [0, 0.05) is 19.4 Å². The SMILES string of the molecule is CNC(=O)CCC1=CC(C(C)(C)C)C(O)C(C(C)(C)C)=C1. The van der Waals surface area contributed by atoms with Gasteiger partial charge in [0.2, 0.25) is 5.91 Å². The van der Waals surface area contributed by atoms with E-state index in [-0.39, 0.29) is 22.7 Å². The summed E-state index contributed by atoms with van der Waals surface area (Å²) in [6, 6.07) is 0. The number of aliphatic hydroxyl groups excluding tert-OH is 1. The molecular weight excluding hydrogens is 262 g/mol. The molecule has 2 unspecified atom stereocenters. The Balaban J connectivity index is 3.08. The lowest BCUT2D eigenvalue weighted by Gasteiger charge is -2.40. The number of nitrogens with one attached hydrogen (secondary N) is 1. The van der Waals surface area contributed by atoms with Crippen LogP contribution in [0.3, 0.4) is 0 Å². The van der Waals surface area contributed by atoms with Gasteiger partial charge in [0.05, 0.1) is 6.10 Å². The third-order valence-corrected chi connectivity index (χ3v) is 4.18. The number of amides is 1. The van der Waals surface area contributed by atoms with Crippen LogP contribution >= 0.6 is 0 Å². The van der Waals surface area contributed by atoms with Gasteiger partial charge in [-0.05, 0) is 22.8 Å². The van der Waals surface area contributed by atoms with Crippen LogP contribution in [0.15, 0.2) is 23.3 Å². The van der Waals surface area contributed by atoms with Gasteiger partial charge in [-0.3, -0.25) is 4.79 Å². The molecule has 0 aromatic rings. The predicted molar refractivity (Wildman–Crippen MR) is 87.9 cm³/mol. The van der Waals surface area contributed by atoms with Crippen molar-refractivity contribution in [1.29, 1.82) is 0 Å². The van der Waals surface area contributed by atoms with E-state index in [1.807, 2.05) is 0 Å². The molecule has 1 aliphatic carbocycles. The molecule has 1 amide bonds. The van der Waals surface area contributed by atoms with Gasteiger partial charge >= 0.3 is 0 Å². The molecular formula is C18H31NO2. The first kappa shape index (κ1) is 18.0. The molecule has 0 radical (unpaired) electrons. The van der Waals surface area contributed by atoms with E-state index in [1.165, 1.54) is 0 Å². The van der Waals surface area contributed by atoms with Crippen LogP contribution in [0.25, 0.3) is 0 Å². The molecule has 2 atom stereocenters. The van der Waals surface area contributed by atoms with Gasteiger partial charge in [-0.15, -0.1) is 0 Å². The van der Waals surface area contributed by atoms with Gasteiger partial charge in [-0.1, -0.05) is 59.3 Å². The number of carbonyl (C=O) groups is 1. The van der Waals surface area contributed by atoms with Crippen LogP contribution in [0.5, 0.6) is 0 Å². The lowest BCUT2D eigenvalue weighted by atomic mass is 9.67. The average Bonchev–Trinajstić information content (AvgIpc) is 2.34. The Morgan fingerprint density at radius 2 is 1.81 bits per heavy atom. The van der Waals surface area contributed by atoms with E-state index in [0.29, 0.717) is 6.42 Å². The predicted octanol–water partition coefficient (Wildman–Crippen LogP) is 3.45.